The van der Waals surface area contributed by atoms with Crippen molar-refractivity contribution in [3.05, 3.63) is 72.9 Å². The molecule has 0 radical (unpaired) electrons. The van der Waals surface area contributed by atoms with Gasteiger partial charge in [0.2, 0.25) is 5.91 Å². The van der Waals surface area contributed by atoms with E-state index in [1.807, 2.05) is 6.08 Å². The first-order chi connectivity index (χ1) is 40.8. The van der Waals surface area contributed by atoms with Gasteiger partial charge < -0.3 is 40.3 Å². The molecule has 1 aliphatic heterocycles. The van der Waals surface area contributed by atoms with Crippen molar-refractivity contribution in [2.75, 3.05) is 13.2 Å². The lowest BCUT2D eigenvalue weighted by Gasteiger charge is -2.40. The maximum absolute atomic E-state index is 13.1. The van der Waals surface area contributed by atoms with Gasteiger partial charge in [0.15, 0.2) is 6.29 Å². The van der Waals surface area contributed by atoms with Crippen molar-refractivity contribution >= 4 is 5.91 Å². The molecule has 1 saturated heterocycles. The number of amides is 1. The van der Waals surface area contributed by atoms with Gasteiger partial charge in [-0.05, 0) is 64.2 Å². The van der Waals surface area contributed by atoms with Crippen LogP contribution in [0.15, 0.2) is 72.9 Å². The molecule has 1 amide bonds. The Morgan fingerprint density at radius 1 is 0.422 bits per heavy atom. The Balaban J connectivity index is 2.13. The van der Waals surface area contributed by atoms with Gasteiger partial charge in [0, 0.05) is 6.42 Å². The summed E-state index contributed by atoms with van der Waals surface area (Å²) in [5.74, 6) is -0.176. The fraction of sp³-hybridized carbons (Fsp3) is 0.824. The van der Waals surface area contributed by atoms with Gasteiger partial charge in [-0.3, -0.25) is 4.79 Å². The minimum atomic E-state index is -1.57. The van der Waals surface area contributed by atoms with Gasteiger partial charge in [-0.25, -0.2) is 0 Å². The Bertz CT molecular complexity index is 1540. The third-order valence-corrected chi connectivity index (χ3v) is 16.8. The quantitative estimate of drug-likeness (QED) is 0.0261. The van der Waals surface area contributed by atoms with Crippen molar-refractivity contribution in [1.82, 2.24) is 5.32 Å². The molecule has 0 aromatic carbocycles. The summed E-state index contributed by atoms with van der Waals surface area (Å²) in [6, 6.07) is -0.811. The van der Waals surface area contributed by atoms with E-state index in [4.69, 9.17) is 9.47 Å². The molecule has 0 spiro atoms. The van der Waals surface area contributed by atoms with Crippen molar-refractivity contribution in [3.8, 4) is 0 Å². The summed E-state index contributed by atoms with van der Waals surface area (Å²) >= 11 is 0. The normalized spacial score (nSPS) is 18.7. The number of hydrogen-bond acceptors (Lipinski definition) is 8. The van der Waals surface area contributed by atoms with Crippen molar-refractivity contribution in [2.45, 2.75) is 378 Å². The van der Waals surface area contributed by atoms with Gasteiger partial charge in [-0.2, -0.15) is 0 Å². The topological polar surface area (TPSA) is 149 Å². The van der Waals surface area contributed by atoms with Crippen LogP contribution < -0.4 is 5.32 Å². The van der Waals surface area contributed by atoms with Crippen molar-refractivity contribution in [3.63, 3.8) is 0 Å². The summed E-state index contributed by atoms with van der Waals surface area (Å²) in [4.78, 5) is 13.1. The van der Waals surface area contributed by atoms with Crippen LogP contribution in [-0.2, 0) is 14.3 Å². The Morgan fingerprint density at radius 3 is 1.11 bits per heavy atom. The van der Waals surface area contributed by atoms with E-state index in [9.17, 15) is 30.3 Å². The van der Waals surface area contributed by atoms with Gasteiger partial charge in [0.1, 0.15) is 24.4 Å². The molecule has 1 rings (SSSR count). The Labute approximate surface area is 512 Å². The van der Waals surface area contributed by atoms with Gasteiger partial charge in [0.25, 0.3) is 0 Å². The lowest BCUT2D eigenvalue weighted by Crippen LogP contribution is -2.60. The van der Waals surface area contributed by atoms with E-state index in [2.05, 4.69) is 79.9 Å². The van der Waals surface area contributed by atoms with Crippen LogP contribution in [0.2, 0.25) is 0 Å². The molecule has 0 saturated carbocycles. The van der Waals surface area contributed by atoms with E-state index >= 15 is 0 Å². The van der Waals surface area contributed by atoms with Crippen molar-refractivity contribution in [2.24, 2.45) is 0 Å². The predicted molar refractivity (Wildman–Crippen MR) is 355 cm³/mol. The standard InChI is InChI=1S/C74H135NO8/c1-3-5-7-9-11-13-15-17-19-21-23-25-27-29-31-33-34-36-37-39-41-43-45-47-49-51-53-55-57-59-61-63-68(77)67(66-82-74-73(81)72(80)71(79)69(65-76)83-74)75-70(78)64-62-60-58-56-54-52-50-48-46-44-42-40-38-35-32-30-28-26-24-22-20-18-16-14-12-10-8-6-4-2/h6,8,12,14,18,20,24,26,30,32,61,63,67-69,71-74,76-77,79-81H,3-5,7,9-11,13,15-17,19,21-23,25,27-29,31,33-60,62,64-66H2,1-2H3,(H,75,78)/b8-6-,14-12-,20-18-,26-24-,32-30-,63-61+. The van der Waals surface area contributed by atoms with Crippen LogP contribution >= 0.6 is 0 Å². The van der Waals surface area contributed by atoms with Crippen LogP contribution in [0, 0.1) is 0 Å². The smallest absolute Gasteiger partial charge is 0.220 e. The molecule has 0 aliphatic carbocycles. The number of carbonyl (C=O) groups is 1. The first-order valence-corrected chi connectivity index (χ1v) is 35.7. The molecule has 9 heteroatoms. The summed E-state index contributed by atoms with van der Waals surface area (Å²) < 4.78 is 11.3. The number of allylic oxidation sites excluding steroid dienone is 11. The van der Waals surface area contributed by atoms with E-state index < -0.39 is 49.5 Å². The second-order valence-electron chi connectivity index (χ2n) is 24.7. The zero-order valence-electron chi connectivity index (χ0n) is 54.2. The lowest BCUT2D eigenvalue weighted by molar-refractivity contribution is -0.302. The molecule has 7 unspecified atom stereocenters. The number of carbonyl (C=O) groups excluding carboxylic acids is 1. The van der Waals surface area contributed by atoms with Crippen LogP contribution in [-0.4, -0.2) is 87.5 Å². The average Bonchev–Trinajstić information content (AvgIpc) is 3.60. The Morgan fingerprint density at radius 2 is 0.747 bits per heavy atom. The molecular formula is C74H135NO8. The van der Waals surface area contributed by atoms with Gasteiger partial charge >= 0.3 is 0 Å². The molecule has 1 heterocycles. The Hall–Kier alpha value is -2.37. The summed E-state index contributed by atoms with van der Waals surface area (Å²) in [5, 5.41) is 54.8. The third-order valence-electron chi connectivity index (χ3n) is 16.8. The summed E-state index contributed by atoms with van der Waals surface area (Å²) in [7, 11) is 0. The highest BCUT2D eigenvalue weighted by Crippen LogP contribution is 2.23. The number of nitrogens with one attached hydrogen (secondary N) is 1. The summed E-state index contributed by atoms with van der Waals surface area (Å²) in [6.45, 7) is 3.71. The highest BCUT2D eigenvalue weighted by Gasteiger charge is 2.44. The minimum Gasteiger partial charge on any atom is -0.394 e. The van der Waals surface area contributed by atoms with Crippen molar-refractivity contribution in [1.29, 1.82) is 0 Å². The molecule has 7 atom stereocenters. The number of rotatable bonds is 62. The molecular weight excluding hydrogens is 1030 g/mol. The highest BCUT2D eigenvalue weighted by atomic mass is 16.7. The molecule has 484 valence electrons. The number of hydrogen-bond donors (Lipinski definition) is 6. The molecule has 83 heavy (non-hydrogen) atoms. The van der Waals surface area contributed by atoms with E-state index in [1.165, 1.54) is 244 Å². The number of aliphatic hydroxyl groups excluding tert-OH is 5. The lowest BCUT2D eigenvalue weighted by atomic mass is 9.99. The van der Waals surface area contributed by atoms with Crippen LogP contribution in [0.3, 0.4) is 0 Å². The molecule has 9 nitrogen and oxygen atoms in total. The van der Waals surface area contributed by atoms with E-state index in [1.54, 1.807) is 6.08 Å². The fourth-order valence-electron chi connectivity index (χ4n) is 11.2. The van der Waals surface area contributed by atoms with E-state index in [0.717, 1.165) is 70.6 Å². The molecule has 6 N–H and O–H groups in total. The van der Waals surface area contributed by atoms with E-state index in [0.29, 0.717) is 6.42 Å². The predicted octanol–water partition coefficient (Wildman–Crippen LogP) is 19.5. The SMILES string of the molecule is CC/C=C\C/C=C\C/C=C\C/C=C\C/C=C\CCCCCCCCCCCCCCCC(=O)NC(COC1OC(CO)C(O)C(O)C1O)C(O)/C=C/CCCCCCCCCCCCCCCCCCCCCCCCCCCCCCC. The Kier molecular flexibility index (Phi) is 59.4. The first-order valence-electron chi connectivity index (χ1n) is 35.7. The average molecular weight is 1170 g/mol. The largest absolute Gasteiger partial charge is 0.394 e. The molecule has 1 aliphatic rings. The molecule has 0 aromatic rings. The zero-order chi connectivity index (χ0) is 60.0. The number of unbranched alkanes of at least 4 members (excludes halogenated alkanes) is 42. The van der Waals surface area contributed by atoms with Crippen LogP contribution in [0.25, 0.3) is 0 Å². The van der Waals surface area contributed by atoms with Crippen LogP contribution in [0.5, 0.6) is 0 Å². The third kappa shape index (κ3) is 51.4. The van der Waals surface area contributed by atoms with Gasteiger partial charge in [0.05, 0.1) is 25.4 Å². The van der Waals surface area contributed by atoms with Crippen LogP contribution in [0.4, 0.5) is 0 Å². The monoisotopic (exact) mass is 1170 g/mol. The summed E-state index contributed by atoms with van der Waals surface area (Å²) in [5.41, 5.74) is 0. The van der Waals surface area contributed by atoms with Crippen molar-refractivity contribution < 1.29 is 39.8 Å². The zero-order valence-corrected chi connectivity index (χ0v) is 54.2. The van der Waals surface area contributed by atoms with E-state index in [-0.39, 0.29) is 12.5 Å². The van der Waals surface area contributed by atoms with Gasteiger partial charge in [-0.1, -0.05) is 337 Å². The molecule has 0 aromatic heterocycles. The molecule has 1 fully saturated rings. The van der Waals surface area contributed by atoms with Crippen LogP contribution in [0.1, 0.15) is 335 Å². The van der Waals surface area contributed by atoms with Gasteiger partial charge in [-0.15, -0.1) is 0 Å². The second-order valence-corrected chi connectivity index (χ2v) is 24.7. The molecule has 0 bridgehead atoms. The second kappa shape index (κ2) is 62.7. The minimum absolute atomic E-state index is 0.176. The first kappa shape index (κ1) is 78.6. The highest BCUT2D eigenvalue weighted by molar-refractivity contribution is 5.76. The fourth-order valence-corrected chi connectivity index (χ4v) is 11.2. The number of aliphatic hydroxyl groups is 5. The maximum atomic E-state index is 13.1. The maximum Gasteiger partial charge on any atom is 0.220 e. The summed E-state index contributed by atoms with van der Waals surface area (Å²) in [6.07, 6.45) is 81.5. The number of ether oxygens (including phenoxy) is 2.